The Morgan fingerprint density at radius 2 is 1.75 bits per heavy atom. The van der Waals surface area contributed by atoms with Gasteiger partial charge in [0.1, 0.15) is 0 Å². The van der Waals surface area contributed by atoms with Crippen molar-refractivity contribution in [2.24, 2.45) is 5.34 Å². The second-order valence-electron chi connectivity index (χ2n) is 0.319. The van der Waals surface area contributed by atoms with Gasteiger partial charge in [0.2, 0.25) is 0 Å². The van der Waals surface area contributed by atoms with Crippen LogP contribution in [0.4, 0.5) is 0 Å². The fourth-order valence-electron chi connectivity index (χ4n) is 0. The Morgan fingerprint density at radius 3 is 1.75 bits per heavy atom. The first kappa shape index (κ1) is 15.6. The molecule has 0 heterocycles. The minimum absolute atomic E-state index is 0. The van der Waals surface area contributed by atoms with E-state index in [1.807, 2.05) is 0 Å². The zero-order chi connectivity index (χ0) is 6.28. The van der Waals surface area contributed by atoms with E-state index in [-0.39, 0.29) is 31.0 Å². The van der Waals surface area contributed by atoms with Gasteiger partial charge < -0.3 is 11.8 Å². The van der Waals surface area contributed by atoms with E-state index in [1.54, 1.807) is 0 Å². The van der Waals surface area contributed by atoms with Gasteiger partial charge >= 0.3 is 29.6 Å². The standard InChI is InChI=1S/HNO3.HNO2.Na.H/c2-1(3)4;2-1-3;;/h(H,2,3,4);(H,2,3);;/q;;+1;-1. The molecule has 0 aromatic carbocycles. The maximum absolute atomic E-state index is 8.36. The van der Waals surface area contributed by atoms with Crippen molar-refractivity contribution in [3.8, 4) is 0 Å². The van der Waals surface area contributed by atoms with Crippen molar-refractivity contribution >= 4 is 0 Å². The molecule has 0 saturated carbocycles. The van der Waals surface area contributed by atoms with Gasteiger partial charge in [0.25, 0.3) is 5.09 Å². The molecule has 44 valence electrons. The third kappa shape index (κ3) is 741. The van der Waals surface area contributed by atoms with E-state index < -0.39 is 5.09 Å². The summed E-state index contributed by atoms with van der Waals surface area (Å²) in [5, 5.41) is 21.5. The van der Waals surface area contributed by atoms with E-state index in [2.05, 4.69) is 0 Å². The smallest absolute Gasteiger partial charge is 1.00 e. The van der Waals surface area contributed by atoms with Crippen molar-refractivity contribution in [1.82, 2.24) is 0 Å². The zero-order valence-electron chi connectivity index (χ0n) is 5.01. The summed E-state index contributed by atoms with van der Waals surface area (Å²) in [6.45, 7) is 0. The SMILES string of the molecule is O=NO.O=[N+]([O-])O.[H-].[Na+]. The summed E-state index contributed by atoms with van der Waals surface area (Å²) in [5.41, 5.74) is 0. The molecule has 0 radical (unpaired) electrons. The Morgan fingerprint density at radius 1 is 1.75 bits per heavy atom. The van der Waals surface area contributed by atoms with Gasteiger partial charge in [-0.05, 0) is 0 Å². The zero-order valence-corrected chi connectivity index (χ0v) is 6.01. The predicted molar refractivity (Wildman–Crippen MR) is 17.5 cm³/mol. The summed E-state index contributed by atoms with van der Waals surface area (Å²) in [5.74, 6) is 0. The number of hydrogen-bond donors (Lipinski definition) is 2. The summed E-state index contributed by atoms with van der Waals surface area (Å²) < 4.78 is 0. The maximum Gasteiger partial charge on any atom is 1.00 e. The van der Waals surface area contributed by atoms with Crippen LogP contribution >= 0.6 is 0 Å². The molecule has 8 heavy (non-hydrogen) atoms. The molecule has 7 nitrogen and oxygen atoms in total. The third-order valence-corrected chi connectivity index (χ3v) is 0. The van der Waals surface area contributed by atoms with Crippen molar-refractivity contribution in [1.29, 1.82) is 0 Å². The van der Waals surface area contributed by atoms with Crippen LogP contribution in [-0.4, -0.2) is 15.5 Å². The van der Waals surface area contributed by atoms with Crippen molar-refractivity contribution in [3.05, 3.63) is 15.0 Å². The molecular weight excluding hydrogens is 131 g/mol. The van der Waals surface area contributed by atoms with Crippen LogP contribution in [-0.2, 0) is 0 Å². The van der Waals surface area contributed by atoms with Crippen molar-refractivity contribution in [2.45, 2.75) is 0 Å². The van der Waals surface area contributed by atoms with Gasteiger partial charge in [-0.1, -0.05) is 0 Å². The molecule has 0 aliphatic heterocycles. The molecule has 8 heteroatoms. The van der Waals surface area contributed by atoms with Gasteiger partial charge in [0.05, 0.1) is 0 Å². The van der Waals surface area contributed by atoms with Crippen LogP contribution in [0.25, 0.3) is 0 Å². The summed E-state index contributed by atoms with van der Waals surface area (Å²) in [4.78, 5) is 16.5. The first-order chi connectivity index (χ1) is 3.15. The monoisotopic (exact) mass is 134 g/mol. The number of rotatable bonds is 0. The van der Waals surface area contributed by atoms with E-state index in [1.165, 1.54) is 5.34 Å². The second-order valence-corrected chi connectivity index (χ2v) is 0.319. The van der Waals surface area contributed by atoms with Gasteiger partial charge in [-0.2, -0.15) is 0 Å². The largest absolute Gasteiger partial charge is 1.00 e. The third-order valence-electron chi connectivity index (χ3n) is 0. The molecule has 0 amide bonds. The molecule has 0 bridgehead atoms. The molecule has 0 aliphatic carbocycles. The van der Waals surface area contributed by atoms with Gasteiger partial charge in [-0.25, -0.2) is 0 Å². The molecule has 0 spiro atoms. The van der Waals surface area contributed by atoms with Crippen LogP contribution in [0.3, 0.4) is 0 Å². The van der Waals surface area contributed by atoms with Crippen LogP contribution in [0.15, 0.2) is 5.34 Å². The van der Waals surface area contributed by atoms with Crippen LogP contribution in [0.1, 0.15) is 1.43 Å². The molecule has 0 rings (SSSR count). The first-order valence-electron chi connectivity index (χ1n) is 0.948. The first-order valence-corrected chi connectivity index (χ1v) is 0.948. The average molecular weight is 134 g/mol. The van der Waals surface area contributed by atoms with E-state index in [4.69, 9.17) is 25.4 Å². The summed E-state index contributed by atoms with van der Waals surface area (Å²) in [6, 6.07) is 0. The fraction of sp³-hybridized carbons (Fsp3) is 0. The molecule has 0 unspecified atom stereocenters. The van der Waals surface area contributed by atoms with Crippen LogP contribution < -0.4 is 29.6 Å². The molecular formula is H3N2NaO5. The van der Waals surface area contributed by atoms with Crippen molar-refractivity contribution in [2.75, 3.05) is 0 Å². The molecule has 0 atom stereocenters. The minimum atomic E-state index is -1.50. The van der Waals surface area contributed by atoms with Gasteiger partial charge in [0, 0.05) is 0 Å². The normalized spacial score (nSPS) is 4.50. The van der Waals surface area contributed by atoms with Crippen LogP contribution in [0.5, 0.6) is 0 Å². The summed E-state index contributed by atoms with van der Waals surface area (Å²) >= 11 is 0. The number of hydrogen-bond acceptors (Lipinski definition) is 4. The predicted octanol–water partition coefficient (Wildman–Crippen LogP) is -3.09. The molecule has 0 aliphatic rings. The average Bonchev–Trinajstić information content (AvgIpc) is 1.33. The second kappa shape index (κ2) is 16.0. The summed E-state index contributed by atoms with van der Waals surface area (Å²) in [7, 11) is 0. The Hall–Kier alpha value is -0.400. The van der Waals surface area contributed by atoms with E-state index in [9.17, 15) is 0 Å². The van der Waals surface area contributed by atoms with Crippen molar-refractivity contribution in [3.63, 3.8) is 0 Å². The van der Waals surface area contributed by atoms with E-state index in [0.29, 0.717) is 0 Å². The maximum atomic E-state index is 8.36. The number of nitrogens with zero attached hydrogens (tertiary/aromatic N) is 2. The van der Waals surface area contributed by atoms with Gasteiger partial charge in [0.15, 0.2) is 5.34 Å². The molecule has 0 fully saturated rings. The van der Waals surface area contributed by atoms with Crippen LogP contribution in [0, 0.1) is 15.0 Å². The van der Waals surface area contributed by atoms with Gasteiger partial charge in [-0.15, -0.1) is 15.0 Å². The van der Waals surface area contributed by atoms with Gasteiger partial charge in [-0.3, -0.25) is 0 Å². The molecule has 0 aromatic rings. The molecule has 2 N–H and O–H groups in total. The summed E-state index contributed by atoms with van der Waals surface area (Å²) in [6.07, 6.45) is 0. The Labute approximate surface area is 67.1 Å². The van der Waals surface area contributed by atoms with Crippen LogP contribution in [0.2, 0.25) is 0 Å². The quantitative estimate of drug-likeness (QED) is 0.158. The Balaban J connectivity index is -0.0000000233. The fourth-order valence-corrected chi connectivity index (χ4v) is 0. The Bertz CT molecular complexity index is 62.0. The molecule has 0 saturated heterocycles. The van der Waals surface area contributed by atoms with Crippen molar-refractivity contribution < 1.29 is 46.5 Å². The Kier molecular flexibility index (Phi) is 31.2. The minimum Gasteiger partial charge on any atom is -1.00 e. The van der Waals surface area contributed by atoms with E-state index >= 15 is 0 Å². The topological polar surface area (TPSA) is 113 Å². The molecule has 0 aromatic heterocycles. The van der Waals surface area contributed by atoms with E-state index in [0.717, 1.165) is 0 Å².